The minimum Gasteiger partial charge on any atom is -0.497 e. The second-order valence-electron chi connectivity index (χ2n) is 4.55. The molecule has 5 heteroatoms. The monoisotopic (exact) mass is 293 g/mol. The number of hydrazone groups is 1. The highest BCUT2D eigenvalue weighted by Crippen LogP contribution is 2.11. The van der Waals surface area contributed by atoms with E-state index in [0.717, 1.165) is 16.9 Å². The molecule has 0 fully saturated rings. The molecule has 5 nitrogen and oxygen atoms in total. The first kappa shape index (κ1) is 15.3. The maximum Gasteiger partial charge on any atom is 0.244 e. The van der Waals surface area contributed by atoms with Crippen LogP contribution in [0.15, 0.2) is 53.6 Å². The third-order valence-corrected chi connectivity index (χ3v) is 2.97. The summed E-state index contributed by atoms with van der Waals surface area (Å²) < 4.78 is 5.06. The van der Waals surface area contributed by atoms with Crippen LogP contribution in [-0.4, -0.2) is 19.2 Å². The third kappa shape index (κ3) is 4.46. The molecule has 0 bridgehead atoms. The van der Waals surface area contributed by atoms with Crippen molar-refractivity contribution in [3.05, 3.63) is 65.2 Å². The lowest BCUT2D eigenvalue weighted by molar-refractivity contribution is -0.120. The summed E-state index contributed by atoms with van der Waals surface area (Å²) in [7, 11) is 1.60. The van der Waals surface area contributed by atoms with Gasteiger partial charge in [-0.2, -0.15) is 10.4 Å². The van der Waals surface area contributed by atoms with Crippen molar-refractivity contribution >= 4 is 12.1 Å². The molecular formula is C17H15N3O2. The van der Waals surface area contributed by atoms with Gasteiger partial charge in [0.05, 0.1) is 31.4 Å². The van der Waals surface area contributed by atoms with E-state index in [1.54, 1.807) is 31.4 Å². The molecule has 2 rings (SSSR count). The molecule has 0 saturated heterocycles. The lowest BCUT2D eigenvalue weighted by Gasteiger charge is -2.02. The molecule has 2 aromatic carbocycles. The van der Waals surface area contributed by atoms with Gasteiger partial charge >= 0.3 is 0 Å². The second kappa shape index (κ2) is 7.60. The molecular weight excluding hydrogens is 278 g/mol. The number of nitrogens with zero attached hydrogens (tertiary/aromatic N) is 2. The molecule has 0 radical (unpaired) electrons. The van der Waals surface area contributed by atoms with Crippen molar-refractivity contribution in [3.8, 4) is 11.8 Å². The summed E-state index contributed by atoms with van der Waals surface area (Å²) in [5, 5.41) is 12.6. The second-order valence-corrected chi connectivity index (χ2v) is 4.55. The normalized spacial score (nSPS) is 10.2. The number of methoxy groups -OCH3 is 1. The van der Waals surface area contributed by atoms with E-state index in [0.29, 0.717) is 5.56 Å². The molecule has 0 atom stereocenters. The van der Waals surface area contributed by atoms with Gasteiger partial charge in [0.1, 0.15) is 5.75 Å². The fourth-order valence-electron chi connectivity index (χ4n) is 1.79. The van der Waals surface area contributed by atoms with Crippen LogP contribution in [0.2, 0.25) is 0 Å². The molecule has 110 valence electrons. The Balaban J connectivity index is 1.86. The highest BCUT2D eigenvalue weighted by Gasteiger charge is 2.02. The number of hydrogen-bond acceptors (Lipinski definition) is 4. The van der Waals surface area contributed by atoms with Gasteiger partial charge in [-0.15, -0.1) is 0 Å². The zero-order valence-corrected chi connectivity index (χ0v) is 12.1. The van der Waals surface area contributed by atoms with Crippen LogP contribution in [0, 0.1) is 11.3 Å². The zero-order chi connectivity index (χ0) is 15.8. The third-order valence-electron chi connectivity index (χ3n) is 2.97. The van der Waals surface area contributed by atoms with Gasteiger partial charge in [-0.25, -0.2) is 5.43 Å². The summed E-state index contributed by atoms with van der Waals surface area (Å²) in [6.45, 7) is 0. The molecule has 22 heavy (non-hydrogen) atoms. The van der Waals surface area contributed by atoms with E-state index in [-0.39, 0.29) is 12.3 Å². The van der Waals surface area contributed by atoms with E-state index < -0.39 is 0 Å². The average Bonchev–Trinajstić information content (AvgIpc) is 2.56. The van der Waals surface area contributed by atoms with Crippen LogP contribution in [0.5, 0.6) is 5.75 Å². The minimum absolute atomic E-state index is 0.199. The molecule has 0 aliphatic rings. The Kier molecular flexibility index (Phi) is 5.27. The molecule has 0 spiro atoms. The molecule has 0 aliphatic heterocycles. The number of carbonyl (C=O) groups is 1. The number of benzene rings is 2. The molecule has 0 aliphatic carbocycles. The van der Waals surface area contributed by atoms with Gasteiger partial charge in [0.15, 0.2) is 0 Å². The number of rotatable bonds is 5. The highest BCUT2D eigenvalue weighted by atomic mass is 16.5. The van der Waals surface area contributed by atoms with Crippen LogP contribution in [0.25, 0.3) is 0 Å². The Bertz CT molecular complexity index is 698. The van der Waals surface area contributed by atoms with Gasteiger partial charge in [0.25, 0.3) is 0 Å². The Hall–Kier alpha value is -3.13. The number of nitrogens with one attached hydrogen (secondary N) is 1. The SMILES string of the molecule is COc1ccc(CC(=O)NN=Cc2ccc(C#N)cc2)cc1. The number of nitriles is 1. The zero-order valence-electron chi connectivity index (χ0n) is 12.1. The van der Waals surface area contributed by atoms with E-state index in [9.17, 15) is 4.79 Å². The van der Waals surface area contributed by atoms with Crippen molar-refractivity contribution in [2.75, 3.05) is 7.11 Å². The maximum atomic E-state index is 11.8. The molecule has 0 aromatic heterocycles. The van der Waals surface area contributed by atoms with E-state index in [2.05, 4.69) is 10.5 Å². The first-order chi connectivity index (χ1) is 10.7. The van der Waals surface area contributed by atoms with E-state index in [1.807, 2.05) is 30.3 Å². The highest BCUT2D eigenvalue weighted by molar-refractivity contribution is 5.83. The smallest absolute Gasteiger partial charge is 0.244 e. The summed E-state index contributed by atoms with van der Waals surface area (Å²) in [4.78, 5) is 11.8. The number of hydrogen-bond donors (Lipinski definition) is 1. The largest absolute Gasteiger partial charge is 0.497 e. The molecule has 0 heterocycles. The Labute approximate surface area is 128 Å². The molecule has 1 N–H and O–H groups in total. The lowest BCUT2D eigenvalue weighted by atomic mass is 10.1. The maximum absolute atomic E-state index is 11.8. The molecule has 2 aromatic rings. The molecule has 1 amide bonds. The van der Waals surface area contributed by atoms with Crippen molar-refractivity contribution in [1.29, 1.82) is 5.26 Å². The van der Waals surface area contributed by atoms with Gasteiger partial charge in [0.2, 0.25) is 5.91 Å². The summed E-state index contributed by atoms with van der Waals surface area (Å²) in [6.07, 6.45) is 1.78. The number of amides is 1. The summed E-state index contributed by atoms with van der Waals surface area (Å²) in [5.74, 6) is 0.554. The van der Waals surface area contributed by atoms with Gasteiger partial charge < -0.3 is 4.74 Å². The fraction of sp³-hybridized carbons (Fsp3) is 0.118. The predicted octanol–water partition coefficient (Wildman–Crippen LogP) is 2.26. The summed E-state index contributed by atoms with van der Waals surface area (Å²) in [5.41, 5.74) is 4.75. The standard InChI is InChI=1S/C17H15N3O2/c1-22-16-8-6-13(7-9-16)10-17(21)20-19-12-15-4-2-14(11-18)3-5-15/h2-9,12H,10H2,1H3,(H,20,21). The van der Waals surface area contributed by atoms with Crippen LogP contribution in [0.4, 0.5) is 0 Å². The van der Waals surface area contributed by atoms with Crippen molar-refractivity contribution in [2.24, 2.45) is 5.10 Å². The fourth-order valence-corrected chi connectivity index (χ4v) is 1.79. The topological polar surface area (TPSA) is 74.5 Å². The van der Waals surface area contributed by atoms with Crippen molar-refractivity contribution in [2.45, 2.75) is 6.42 Å². The average molecular weight is 293 g/mol. The van der Waals surface area contributed by atoms with Crippen molar-refractivity contribution in [1.82, 2.24) is 5.43 Å². The van der Waals surface area contributed by atoms with Crippen molar-refractivity contribution in [3.63, 3.8) is 0 Å². The van der Waals surface area contributed by atoms with Crippen LogP contribution in [0.3, 0.4) is 0 Å². The Morgan fingerprint density at radius 3 is 2.50 bits per heavy atom. The Morgan fingerprint density at radius 1 is 1.23 bits per heavy atom. The quantitative estimate of drug-likeness (QED) is 0.678. The number of ether oxygens (including phenoxy) is 1. The van der Waals surface area contributed by atoms with Crippen LogP contribution < -0.4 is 10.2 Å². The summed E-state index contributed by atoms with van der Waals surface area (Å²) >= 11 is 0. The molecule has 0 unspecified atom stereocenters. The minimum atomic E-state index is -0.199. The first-order valence-corrected chi connectivity index (χ1v) is 6.66. The molecule has 0 saturated carbocycles. The van der Waals surface area contributed by atoms with Gasteiger partial charge in [-0.05, 0) is 35.4 Å². The van der Waals surface area contributed by atoms with Crippen LogP contribution in [-0.2, 0) is 11.2 Å². The van der Waals surface area contributed by atoms with Gasteiger partial charge in [0, 0.05) is 0 Å². The van der Waals surface area contributed by atoms with Crippen LogP contribution in [0.1, 0.15) is 16.7 Å². The van der Waals surface area contributed by atoms with Gasteiger partial charge in [-0.1, -0.05) is 24.3 Å². The predicted molar refractivity (Wildman–Crippen MR) is 83.6 cm³/mol. The van der Waals surface area contributed by atoms with Crippen molar-refractivity contribution < 1.29 is 9.53 Å². The Morgan fingerprint density at radius 2 is 1.91 bits per heavy atom. The first-order valence-electron chi connectivity index (χ1n) is 6.66. The summed E-state index contributed by atoms with van der Waals surface area (Å²) in [6, 6.07) is 16.2. The van der Waals surface area contributed by atoms with Crippen LogP contribution >= 0.6 is 0 Å². The van der Waals surface area contributed by atoms with E-state index in [4.69, 9.17) is 10.00 Å². The van der Waals surface area contributed by atoms with E-state index >= 15 is 0 Å². The number of carbonyl (C=O) groups excluding carboxylic acids is 1. The van der Waals surface area contributed by atoms with Gasteiger partial charge in [-0.3, -0.25) is 4.79 Å². The lowest BCUT2D eigenvalue weighted by Crippen LogP contribution is -2.19. The van der Waals surface area contributed by atoms with E-state index in [1.165, 1.54) is 6.21 Å².